The Kier molecular flexibility index (Phi) is 7.87. The van der Waals surface area contributed by atoms with Crippen molar-refractivity contribution >= 4 is 13.7 Å². The number of unbranched alkanes of at least 4 members (excludes halogenated alkanes) is 3. The molecule has 0 aromatic rings. The summed E-state index contributed by atoms with van der Waals surface area (Å²) in [6.07, 6.45) is 6.46. The molecule has 0 amide bonds. The number of nitrogens with two attached hydrogens (primary N) is 1. The zero-order chi connectivity index (χ0) is 6.95. The molecule has 0 aliphatic carbocycles. The van der Waals surface area contributed by atoms with E-state index in [1.807, 2.05) is 6.80 Å². The van der Waals surface area contributed by atoms with Gasteiger partial charge in [0.05, 0.1) is 0 Å². The van der Waals surface area contributed by atoms with E-state index in [-0.39, 0.29) is 0 Å². The molecule has 0 fully saturated rings. The van der Waals surface area contributed by atoms with Crippen LogP contribution in [0.2, 0.25) is 6.32 Å². The van der Waals surface area contributed by atoms with E-state index in [4.69, 9.17) is 5.64 Å². The molecule has 0 aliphatic rings. The van der Waals surface area contributed by atoms with Crippen LogP contribution in [0.4, 0.5) is 0 Å². The van der Waals surface area contributed by atoms with Gasteiger partial charge in [-0.15, -0.1) is 0 Å². The van der Waals surface area contributed by atoms with Crippen LogP contribution in [-0.4, -0.2) is 13.7 Å². The predicted octanol–water partition coefficient (Wildman–Crippen LogP) is 1.18. The first-order valence-corrected chi connectivity index (χ1v) is 3.78. The Bertz CT molecular complexity index is 73.5. The van der Waals surface area contributed by atoms with Crippen molar-refractivity contribution < 1.29 is 0 Å². The summed E-state index contributed by atoms with van der Waals surface area (Å²) in [7, 11) is 0. The molecule has 3 heteroatoms. The van der Waals surface area contributed by atoms with Crippen LogP contribution < -0.4 is 5.64 Å². The van der Waals surface area contributed by atoms with Gasteiger partial charge in [0.1, 0.15) is 0 Å². The fourth-order valence-corrected chi connectivity index (χ4v) is 0.785. The van der Waals surface area contributed by atoms with Crippen LogP contribution in [0.1, 0.15) is 32.6 Å². The molecule has 0 spiro atoms. The normalized spacial score (nSPS) is 9.00. The summed E-state index contributed by atoms with van der Waals surface area (Å²) in [6.45, 7) is 5.88. The predicted molar refractivity (Wildman–Crippen MR) is 44.6 cm³/mol. The second-order valence-electron chi connectivity index (χ2n) is 2.28. The van der Waals surface area contributed by atoms with Gasteiger partial charge in [-0.1, -0.05) is 0 Å². The van der Waals surface area contributed by atoms with E-state index < -0.39 is 0 Å². The summed E-state index contributed by atoms with van der Waals surface area (Å²) in [5, 5.41) is 0. The molecule has 0 aromatic carbocycles. The minimum absolute atomic E-state index is 1.15. The van der Waals surface area contributed by atoms with Gasteiger partial charge in [-0.2, -0.15) is 0 Å². The first-order valence-electron chi connectivity index (χ1n) is 3.78. The van der Waals surface area contributed by atoms with Crippen LogP contribution >= 0.6 is 0 Å². The molecule has 0 saturated heterocycles. The average molecular weight is 123 g/mol. The Morgan fingerprint density at radius 3 is 2.56 bits per heavy atom. The molecule has 0 saturated carbocycles. The van der Waals surface area contributed by atoms with Crippen LogP contribution in [0.5, 0.6) is 0 Å². The van der Waals surface area contributed by atoms with Gasteiger partial charge in [-0.3, -0.25) is 0 Å². The van der Waals surface area contributed by atoms with Crippen LogP contribution in [0.25, 0.3) is 0 Å². The third-order valence-electron chi connectivity index (χ3n) is 1.36. The van der Waals surface area contributed by atoms with Crippen molar-refractivity contribution in [1.29, 1.82) is 0 Å². The summed E-state index contributed by atoms with van der Waals surface area (Å²) in [5.41, 5.74) is 5.16. The van der Waals surface area contributed by atoms with E-state index in [1.165, 1.54) is 25.7 Å². The van der Waals surface area contributed by atoms with Crippen LogP contribution in [0.3, 0.4) is 0 Å². The van der Waals surface area contributed by atoms with Crippen LogP contribution in [0, 0.1) is 0 Å². The van der Waals surface area contributed by atoms with E-state index >= 15 is 0 Å². The van der Waals surface area contributed by atoms with Crippen molar-refractivity contribution in [1.82, 2.24) is 0 Å². The van der Waals surface area contributed by atoms with Gasteiger partial charge in [0.2, 0.25) is 0 Å². The van der Waals surface area contributed by atoms with Crippen molar-refractivity contribution in [2.45, 2.75) is 38.9 Å². The second kappa shape index (κ2) is 7.93. The van der Waals surface area contributed by atoms with Crippen molar-refractivity contribution in [2.75, 3.05) is 0 Å². The van der Waals surface area contributed by atoms with Gasteiger partial charge in [0.25, 0.3) is 0 Å². The molecule has 50 valence electrons. The third kappa shape index (κ3) is 7.93. The standard InChI is InChI=1S/C6H15B2N/c1-2-3-4-5-6-7-8-9/h2-6,9H2,1H3. The molecule has 0 rings (SSSR count). The fourth-order valence-electron chi connectivity index (χ4n) is 0.785. The van der Waals surface area contributed by atoms with Gasteiger partial charge in [-0.25, -0.2) is 0 Å². The molecule has 9 heavy (non-hydrogen) atoms. The van der Waals surface area contributed by atoms with Gasteiger partial charge in [-0.05, 0) is 0 Å². The Morgan fingerprint density at radius 1 is 1.22 bits per heavy atom. The molecule has 0 bridgehead atoms. The summed E-state index contributed by atoms with van der Waals surface area (Å²) in [4.78, 5) is 0. The topological polar surface area (TPSA) is 26.0 Å². The maximum atomic E-state index is 5.16. The van der Waals surface area contributed by atoms with Gasteiger partial charge in [0.15, 0.2) is 0 Å². The molecule has 0 aliphatic heterocycles. The summed E-state index contributed by atoms with van der Waals surface area (Å²) in [5.74, 6) is 0. The SMILES string of the molecule is CCCCCCB=BN. The van der Waals surface area contributed by atoms with E-state index in [2.05, 4.69) is 6.92 Å². The Labute approximate surface area is 59.1 Å². The molecule has 0 atom stereocenters. The van der Waals surface area contributed by atoms with Crippen molar-refractivity contribution in [3.05, 3.63) is 0 Å². The number of hydrogen-bond acceptors (Lipinski definition) is 1. The first-order chi connectivity index (χ1) is 4.41. The Morgan fingerprint density at radius 2 is 2.00 bits per heavy atom. The minimum atomic E-state index is 1.15. The molecule has 0 radical (unpaired) electrons. The van der Waals surface area contributed by atoms with Crippen molar-refractivity contribution in [3.63, 3.8) is 0 Å². The van der Waals surface area contributed by atoms with E-state index in [0.29, 0.717) is 0 Å². The monoisotopic (exact) mass is 123 g/mol. The molecule has 2 N–H and O–H groups in total. The number of rotatable bonds is 5. The second-order valence-corrected chi connectivity index (χ2v) is 2.28. The zero-order valence-electron chi connectivity index (χ0n) is 6.27. The maximum absolute atomic E-state index is 5.16. The third-order valence-corrected chi connectivity index (χ3v) is 1.36. The van der Waals surface area contributed by atoms with E-state index in [9.17, 15) is 0 Å². The number of hydrogen-bond donors (Lipinski definition) is 1. The Balaban J connectivity index is 2.75. The Hall–Kier alpha value is -0.0701. The summed E-state index contributed by atoms with van der Waals surface area (Å²) < 4.78 is 0. The van der Waals surface area contributed by atoms with E-state index in [1.54, 1.807) is 6.94 Å². The van der Waals surface area contributed by atoms with Crippen molar-refractivity contribution in [3.8, 4) is 0 Å². The van der Waals surface area contributed by atoms with Gasteiger partial charge < -0.3 is 0 Å². The van der Waals surface area contributed by atoms with Gasteiger partial charge in [0, 0.05) is 0 Å². The summed E-state index contributed by atoms with van der Waals surface area (Å²) in [6, 6.07) is 0. The zero-order valence-corrected chi connectivity index (χ0v) is 6.27. The van der Waals surface area contributed by atoms with Crippen LogP contribution in [-0.2, 0) is 0 Å². The van der Waals surface area contributed by atoms with Crippen molar-refractivity contribution in [2.24, 2.45) is 5.64 Å². The van der Waals surface area contributed by atoms with Gasteiger partial charge >= 0.3 is 58.3 Å². The van der Waals surface area contributed by atoms with E-state index in [0.717, 1.165) is 6.32 Å². The molecule has 0 aromatic heterocycles. The first kappa shape index (κ1) is 8.93. The molecule has 1 nitrogen and oxygen atoms in total. The molecule has 0 unspecified atom stereocenters. The summed E-state index contributed by atoms with van der Waals surface area (Å²) >= 11 is 0. The van der Waals surface area contributed by atoms with Crippen LogP contribution in [0.15, 0.2) is 0 Å². The quantitative estimate of drug-likeness (QED) is 0.431. The fraction of sp³-hybridized carbons (Fsp3) is 1.00. The average Bonchev–Trinajstić information content (AvgIpc) is 1.89. The molecular weight excluding hydrogens is 108 g/mol. The molecular formula is C6H15B2N. The molecule has 0 heterocycles.